The summed E-state index contributed by atoms with van der Waals surface area (Å²) in [6.07, 6.45) is 0.234. The number of hydrogen-bond acceptors (Lipinski definition) is 5. The van der Waals surface area contributed by atoms with Crippen LogP contribution in [0.15, 0.2) is 34.7 Å². The molecule has 0 radical (unpaired) electrons. The Bertz CT molecular complexity index is 661. The van der Waals surface area contributed by atoms with E-state index in [0.29, 0.717) is 15.0 Å². The Morgan fingerprint density at radius 1 is 1.32 bits per heavy atom. The number of nitrogens with one attached hydrogen (secondary N) is 1. The number of thioether (sulfide) groups is 1. The van der Waals surface area contributed by atoms with Gasteiger partial charge in [-0.05, 0) is 0 Å². The number of hydrogen-bond donors (Lipinski definition) is 2. The molecule has 0 aliphatic carbocycles. The Kier molecular flexibility index (Phi) is 6.23. The van der Waals surface area contributed by atoms with Gasteiger partial charge in [0.25, 0.3) is 0 Å². The van der Waals surface area contributed by atoms with Crippen LogP contribution in [-0.4, -0.2) is 28.4 Å². The zero-order chi connectivity index (χ0) is 15.9. The van der Waals surface area contributed by atoms with Crippen LogP contribution >= 0.6 is 34.7 Å². The quantitative estimate of drug-likeness (QED) is 0.590. The van der Waals surface area contributed by atoms with Gasteiger partial charge in [0.1, 0.15) is 10.7 Å². The number of anilines is 1. The highest BCUT2D eigenvalue weighted by Crippen LogP contribution is 2.37. The summed E-state index contributed by atoms with van der Waals surface area (Å²) in [6, 6.07) is 9.53. The molecule has 1 aromatic heterocycles. The molecular formula is C14H14ClN3O2S2. The van der Waals surface area contributed by atoms with Gasteiger partial charge in [-0.3, -0.25) is 9.59 Å². The molecular weight excluding hydrogens is 342 g/mol. The summed E-state index contributed by atoms with van der Waals surface area (Å²) in [5.41, 5.74) is 6.72. The van der Waals surface area contributed by atoms with Gasteiger partial charge in [-0.2, -0.15) is 0 Å². The Balaban J connectivity index is 2.28. The molecule has 2 aromatic rings. The van der Waals surface area contributed by atoms with Crippen LogP contribution in [0.5, 0.6) is 0 Å². The molecule has 0 spiro atoms. The molecule has 2 rings (SSSR count). The van der Waals surface area contributed by atoms with Crippen LogP contribution in [0.1, 0.15) is 6.42 Å². The normalized spacial score (nSPS) is 10.4. The Labute approximate surface area is 141 Å². The number of halogens is 1. The number of carbonyl (C=O) groups excluding carboxylic acids is 2. The Morgan fingerprint density at radius 3 is 2.68 bits per heavy atom. The first kappa shape index (κ1) is 16.8. The standard InChI is InChI=1S/C14H14ClN3O2S2/c15-7-6-11(20)17-13-12(9-4-2-1-3-5-9)18-14(22-13)21-8-10(16)19/h1-5H,6-8H2,(H2,16,19)(H,17,20). The number of primary amides is 1. The van der Waals surface area contributed by atoms with Crippen molar-refractivity contribution in [3.05, 3.63) is 30.3 Å². The highest BCUT2D eigenvalue weighted by atomic mass is 35.5. The van der Waals surface area contributed by atoms with Gasteiger partial charge in [-0.15, -0.1) is 11.6 Å². The van der Waals surface area contributed by atoms with Crippen LogP contribution in [0.2, 0.25) is 0 Å². The highest BCUT2D eigenvalue weighted by Gasteiger charge is 2.16. The number of nitrogens with zero attached hydrogens (tertiary/aromatic N) is 1. The Hall–Kier alpha value is -1.57. The first-order valence-corrected chi connectivity index (χ1v) is 8.77. The molecule has 3 N–H and O–H groups in total. The summed E-state index contributed by atoms with van der Waals surface area (Å²) in [5, 5.41) is 3.47. The summed E-state index contributed by atoms with van der Waals surface area (Å²) >= 11 is 8.15. The molecule has 5 nitrogen and oxygen atoms in total. The Morgan fingerprint density at radius 2 is 2.05 bits per heavy atom. The molecule has 22 heavy (non-hydrogen) atoms. The third kappa shape index (κ3) is 4.72. The molecule has 0 saturated heterocycles. The van der Waals surface area contributed by atoms with Crippen LogP contribution < -0.4 is 11.1 Å². The molecule has 1 heterocycles. The number of thiazole rings is 1. The van der Waals surface area contributed by atoms with Crippen molar-refractivity contribution >= 4 is 51.5 Å². The lowest BCUT2D eigenvalue weighted by Gasteiger charge is -2.03. The van der Waals surface area contributed by atoms with Crippen molar-refractivity contribution < 1.29 is 9.59 Å². The molecule has 0 saturated carbocycles. The number of rotatable bonds is 7. The fourth-order valence-corrected chi connectivity index (χ4v) is 3.64. The second-order valence-electron chi connectivity index (χ2n) is 4.27. The van der Waals surface area contributed by atoms with Crippen LogP contribution in [0.4, 0.5) is 5.00 Å². The predicted octanol–water partition coefficient (Wildman–Crippen LogP) is 2.95. The van der Waals surface area contributed by atoms with E-state index in [1.54, 1.807) is 0 Å². The van der Waals surface area contributed by atoms with Gasteiger partial charge >= 0.3 is 0 Å². The zero-order valence-corrected chi connectivity index (χ0v) is 13.9. The second-order valence-corrected chi connectivity index (χ2v) is 6.87. The van der Waals surface area contributed by atoms with Gasteiger partial charge < -0.3 is 11.1 Å². The molecule has 0 bridgehead atoms. The van der Waals surface area contributed by atoms with Gasteiger partial charge in [0.05, 0.1) is 5.75 Å². The monoisotopic (exact) mass is 355 g/mol. The third-order valence-electron chi connectivity index (χ3n) is 2.57. The number of alkyl halides is 1. The number of amides is 2. The zero-order valence-electron chi connectivity index (χ0n) is 11.5. The number of benzene rings is 1. The lowest BCUT2D eigenvalue weighted by Crippen LogP contribution is -2.12. The van der Waals surface area contributed by atoms with E-state index >= 15 is 0 Å². The smallest absolute Gasteiger partial charge is 0.227 e. The largest absolute Gasteiger partial charge is 0.369 e. The van der Waals surface area contributed by atoms with E-state index in [4.69, 9.17) is 17.3 Å². The molecule has 116 valence electrons. The molecule has 0 aliphatic heterocycles. The fourth-order valence-electron chi connectivity index (χ4n) is 1.65. The van der Waals surface area contributed by atoms with E-state index in [9.17, 15) is 9.59 Å². The van der Waals surface area contributed by atoms with Crippen molar-refractivity contribution in [2.75, 3.05) is 16.9 Å². The van der Waals surface area contributed by atoms with Gasteiger partial charge in [0.2, 0.25) is 11.8 Å². The van der Waals surface area contributed by atoms with Crippen molar-refractivity contribution in [2.24, 2.45) is 5.73 Å². The maximum absolute atomic E-state index is 11.8. The molecule has 1 aromatic carbocycles. The molecule has 0 aliphatic rings. The van der Waals surface area contributed by atoms with Gasteiger partial charge in [-0.25, -0.2) is 4.98 Å². The molecule has 0 unspecified atom stereocenters. The first-order chi connectivity index (χ1) is 10.6. The van der Waals surface area contributed by atoms with Crippen LogP contribution in [0, 0.1) is 0 Å². The number of carbonyl (C=O) groups is 2. The lowest BCUT2D eigenvalue weighted by atomic mass is 10.2. The van der Waals surface area contributed by atoms with E-state index in [1.807, 2.05) is 30.3 Å². The van der Waals surface area contributed by atoms with E-state index in [-0.39, 0.29) is 24.0 Å². The van der Waals surface area contributed by atoms with E-state index < -0.39 is 5.91 Å². The number of nitrogens with two attached hydrogens (primary N) is 1. The number of aromatic nitrogens is 1. The van der Waals surface area contributed by atoms with E-state index in [0.717, 1.165) is 5.56 Å². The topological polar surface area (TPSA) is 85.1 Å². The van der Waals surface area contributed by atoms with Crippen molar-refractivity contribution in [1.29, 1.82) is 0 Å². The summed E-state index contributed by atoms with van der Waals surface area (Å²) in [4.78, 5) is 27.2. The maximum Gasteiger partial charge on any atom is 0.227 e. The minimum atomic E-state index is -0.408. The van der Waals surface area contributed by atoms with Crippen LogP contribution in [0.3, 0.4) is 0 Å². The highest BCUT2D eigenvalue weighted by molar-refractivity contribution is 8.01. The van der Waals surface area contributed by atoms with Crippen molar-refractivity contribution in [2.45, 2.75) is 10.8 Å². The minimum Gasteiger partial charge on any atom is -0.369 e. The predicted molar refractivity (Wildman–Crippen MR) is 91.4 cm³/mol. The molecule has 8 heteroatoms. The minimum absolute atomic E-state index is 0.150. The summed E-state index contributed by atoms with van der Waals surface area (Å²) < 4.78 is 0.679. The molecule has 2 amide bonds. The maximum atomic E-state index is 11.8. The third-order valence-corrected chi connectivity index (χ3v) is 4.89. The van der Waals surface area contributed by atoms with E-state index in [2.05, 4.69) is 10.3 Å². The van der Waals surface area contributed by atoms with Crippen LogP contribution in [0.25, 0.3) is 11.3 Å². The SMILES string of the molecule is NC(=O)CSc1nc(-c2ccccc2)c(NC(=O)CCCl)s1. The van der Waals surface area contributed by atoms with Crippen LogP contribution in [-0.2, 0) is 9.59 Å². The van der Waals surface area contributed by atoms with Crippen molar-refractivity contribution in [3.8, 4) is 11.3 Å². The average molecular weight is 356 g/mol. The second kappa shape index (κ2) is 8.17. The van der Waals surface area contributed by atoms with Crippen molar-refractivity contribution in [1.82, 2.24) is 4.98 Å². The average Bonchev–Trinajstić information content (AvgIpc) is 2.89. The lowest BCUT2D eigenvalue weighted by molar-refractivity contribution is -0.116. The molecule has 0 fully saturated rings. The van der Waals surface area contributed by atoms with Gasteiger partial charge in [0.15, 0.2) is 4.34 Å². The van der Waals surface area contributed by atoms with Gasteiger partial charge in [0, 0.05) is 17.9 Å². The molecule has 0 atom stereocenters. The van der Waals surface area contributed by atoms with E-state index in [1.165, 1.54) is 23.1 Å². The van der Waals surface area contributed by atoms with Gasteiger partial charge in [-0.1, -0.05) is 53.4 Å². The van der Waals surface area contributed by atoms with Crippen molar-refractivity contribution in [3.63, 3.8) is 0 Å². The summed E-state index contributed by atoms with van der Waals surface area (Å²) in [6.45, 7) is 0. The fraction of sp³-hybridized carbons (Fsp3) is 0.214. The first-order valence-electron chi connectivity index (χ1n) is 6.43. The summed E-state index contributed by atoms with van der Waals surface area (Å²) in [5.74, 6) is -0.165. The summed E-state index contributed by atoms with van der Waals surface area (Å²) in [7, 11) is 0.